The first-order valence-corrected chi connectivity index (χ1v) is 7.81. The molecule has 3 rings (SSSR count). The van der Waals surface area contributed by atoms with Crippen molar-refractivity contribution in [2.24, 2.45) is 0 Å². The molecule has 1 unspecified atom stereocenters. The number of hydrogen-bond acceptors (Lipinski definition) is 2. The van der Waals surface area contributed by atoms with Gasteiger partial charge < -0.3 is 10.0 Å². The molecule has 0 aliphatic heterocycles. The highest BCUT2D eigenvalue weighted by Crippen LogP contribution is 2.34. The molecule has 0 aromatic heterocycles. The number of amides is 1. The number of likely N-dealkylation sites (N-methyl/N-ethyl adjacent to an activating group) is 1. The lowest BCUT2D eigenvalue weighted by Gasteiger charge is -2.22. The second-order valence-electron chi connectivity index (χ2n) is 6.13. The molecule has 1 aliphatic carbocycles. The zero-order chi connectivity index (χ0) is 17.3. The molecule has 2 aromatic carbocycles. The van der Waals surface area contributed by atoms with Crippen LogP contribution in [0.2, 0.25) is 0 Å². The smallest absolute Gasteiger partial charge is 0.335 e. The molecule has 0 heterocycles. The fourth-order valence-corrected chi connectivity index (χ4v) is 3.21. The maximum Gasteiger partial charge on any atom is 0.335 e. The van der Waals surface area contributed by atoms with Crippen molar-refractivity contribution in [3.63, 3.8) is 0 Å². The number of carbonyl (C=O) groups excluding carboxylic acids is 1. The minimum Gasteiger partial charge on any atom is -0.478 e. The van der Waals surface area contributed by atoms with E-state index in [2.05, 4.69) is 0 Å². The van der Waals surface area contributed by atoms with E-state index in [9.17, 15) is 14.0 Å². The molecule has 4 nitrogen and oxygen atoms in total. The molecule has 2 aromatic rings. The van der Waals surface area contributed by atoms with Gasteiger partial charge in [-0.05, 0) is 53.8 Å². The van der Waals surface area contributed by atoms with Gasteiger partial charge in [-0.1, -0.05) is 18.2 Å². The summed E-state index contributed by atoms with van der Waals surface area (Å²) >= 11 is 0. The Labute approximate surface area is 139 Å². The monoisotopic (exact) mass is 327 g/mol. The maximum absolute atomic E-state index is 13.3. The first-order chi connectivity index (χ1) is 11.5. The number of rotatable bonds is 4. The molecule has 1 atom stereocenters. The minimum atomic E-state index is -0.972. The fourth-order valence-electron chi connectivity index (χ4n) is 3.21. The van der Waals surface area contributed by atoms with Crippen molar-refractivity contribution in [2.75, 3.05) is 7.05 Å². The Kier molecular flexibility index (Phi) is 4.34. The van der Waals surface area contributed by atoms with Crippen LogP contribution in [0.15, 0.2) is 42.5 Å². The lowest BCUT2D eigenvalue weighted by Crippen LogP contribution is -2.30. The van der Waals surface area contributed by atoms with Gasteiger partial charge in [-0.25, -0.2) is 9.18 Å². The van der Waals surface area contributed by atoms with E-state index >= 15 is 0 Å². The summed E-state index contributed by atoms with van der Waals surface area (Å²) in [4.78, 5) is 25.2. The van der Waals surface area contributed by atoms with Crippen LogP contribution in [0.4, 0.5) is 4.39 Å². The third kappa shape index (κ3) is 3.15. The highest BCUT2D eigenvalue weighted by Gasteiger charge is 2.30. The summed E-state index contributed by atoms with van der Waals surface area (Å²) in [5.41, 5.74) is 2.91. The van der Waals surface area contributed by atoms with Gasteiger partial charge in [-0.2, -0.15) is 0 Å². The van der Waals surface area contributed by atoms with Crippen molar-refractivity contribution in [1.29, 1.82) is 0 Å². The predicted octanol–water partition coefficient (Wildman–Crippen LogP) is 3.21. The summed E-state index contributed by atoms with van der Waals surface area (Å²) < 4.78 is 13.3. The van der Waals surface area contributed by atoms with E-state index < -0.39 is 5.97 Å². The first kappa shape index (κ1) is 16.2. The molecule has 0 saturated carbocycles. The molecule has 0 saturated heterocycles. The fraction of sp³-hybridized carbons (Fsp3) is 0.263. The average molecular weight is 327 g/mol. The van der Waals surface area contributed by atoms with Crippen LogP contribution in [0.25, 0.3) is 0 Å². The molecule has 5 heteroatoms. The number of fused-ring (bicyclic) bond motifs is 1. The number of aryl methyl sites for hydroxylation is 1. The third-order valence-corrected chi connectivity index (χ3v) is 4.48. The lowest BCUT2D eigenvalue weighted by molar-refractivity contribution is -0.132. The van der Waals surface area contributed by atoms with Crippen LogP contribution in [0.3, 0.4) is 0 Å². The lowest BCUT2D eigenvalue weighted by atomic mass is 9.99. The predicted molar refractivity (Wildman–Crippen MR) is 87.3 cm³/mol. The Morgan fingerprint density at radius 2 is 1.92 bits per heavy atom. The summed E-state index contributed by atoms with van der Waals surface area (Å²) in [5, 5.41) is 8.91. The van der Waals surface area contributed by atoms with Crippen LogP contribution in [-0.4, -0.2) is 28.9 Å². The molecule has 0 bridgehead atoms. The number of aromatic carboxylic acids is 1. The van der Waals surface area contributed by atoms with Gasteiger partial charge in [0, 0.05) is 13.6 Å². The number of hydrogen-bond donors (Lipinski definition) is 1. The van der Waals surface area contributed by atoms with Crippen molar-refractivity contribution in [3.8, 4) is 0 Å². The molecule has 24 heavy (non-hydrogen) atoms. The Bertz CT molecular complexity index is 786. The molecule has 1 aliphatic rings. The van der Waals surface area contributed by atoms with Crippen molar-refractivity contribution in [2.45, 2.75) is 25.3 Å². The average Bonchev–Trinajstić information content (AvgIpc) is 2.97. The van der Waals surface area contributed by atoms with Gasteiger partial charge in [0.15, 0.2) is 0 Å². The van der Waals surface area contributed by atoms with E-state index in [1.807, 2.05) is 0 Å². The van der Waals surface area contributed by atoms with Gasteiger partial charge >= 0.3 is 5.97 Å². The van der Waals surface area contributed by atoms with Crippen molar-refractivity contribution < 1.29 is 19.1 Å². The van der Waals surface area contributed by atoms with Crippen molar-refractivity contribution >= 4 is 11.9 Å². The Morgan fingerprint density at radius 3 is 2.58 bits per heavy atom. The van der Waals surface area contributed by atoms with E-state index in [1.165, 1.54) is 24.3 Å². The van der Waals surface area contributed by atoms with E-state index in [4.69, 9.17) is 5.11 Å². The number of carbonyl (C=O) groups is 2. The van der Waals surface area contributed by atoms with Gasteiger partial charge in [-0.3, -0.25) is 4.79 Å². The van der Waals surface area contributed by atoms with Crippen LogP contribution in [0, 0.1) is 5.82 Å². The van der Waals surface area contributed by atoms with Crippen LogP contribution in [-0.2, 0) is 17.8 Å². The number of carboxylic acid groups (broad SMARTS) is 1. The summed E-state index contributed by atoms with van der Waals surface area (Å²) in [5.74, 6) is -1.47. The van der Waals surface area contributed by atoms with Crippen molar-refractivity contribution in [3.05, 3.63) is 70.5 Å². The zero-order valence-corrected chi connectivity index (χ0v) is 13.3. The van der Waals surface area contributed by atoms with Crippen LogP contribution in [0.5, 0.6) is 0 Å². The number of benzene rings is 2. The van der Waals surface area contributed by atoms with E-state index in [0.717, 1.165) is 16.7 Å². The number of halogens is 1. The summed E-state index contributed by atoms with van der Waals surface area (Å²) in [6.45, 7) is 0.408. The molecule has 124 valence electrons. The van der Waals surface area contributed by atoms with Gasteiger partial charge in [0.2, 0.25) is 5.91 Å². The largest absolute Gasteiger partial charge is 0.478 e. The molecular formula is C19H18FNO3. The van der Waals surface area contributed by atoms with Crippen LogP contribution in [0.1, 0.15) is 39.4 Å². The molecule has 1 N–H and O–H groups in total. The quantitative estimate of drug-likeness (QED) is 0.938. The van der Waals surface area contributed by atoms with Gasteiger partial charge in [0.25, 0.3) is 0 Å². The Morgan fingerprint density at radius 1 is 1.21 bits per heavy atom. The van der Waals surface area contributed by atoms with Crippen molar-refractivity contribution in [1.82, 2.24) is 4.90 Å². The maximum atomic E-state index is 13.3. The summed E-state index contributed by atoms with van der Waals surface area (Å²) in [6, 6.07) is 11.1. The Balaban J connectivity index is 1.71. The minimum absolute atomic E-state index is 0.00247. The van der Waals surface area contributed by atoms with Gasteiger partial charge in [0.1, 0.15) is 5.82 Å². The SMILES string of the molecule is CN(Cc1ccc(C(=O)O)cc1)C(=O)C1CCc2cc(F)ccc21. The summed E-state index contributed by atoms with van der Waals surface area (Å²) in [7, 11) is 1.73. The van der Waals surface area contributed by atoms with E-state index in [1.54, 1.807) is 30.1 Å². The highest BCUT2D eigenvalue weighted by molar-refractivity contribution is 5.87. The molecular weight excluding hydrogens is 309 g/mol. The molecule has 0 spiro atoms. The molecule has 0 radical (unpaired) electrons. The normalized spacial score (nSPS) is 15.8. The van der Waals surface area contributed by atoms with Gasteiger partial charge in [0.05, 0.1) is 11.5 Å². The van der Waals surface area contributed by atoms with E-state index in [-0.39, 0.29) is 23.2 Å². The van der Waals surface area contributed by atoms with Crippen LogP contribution < -0.4 is 0 Å². The van der Waals surface area contributed by atoms with E-state index in [0.29, 0.717) is 19.4 Å². The third-order valence-electron chi connectivity index (χ3n) is 4.48. The Hall–Kier alpha value is -2.69. The summed E-state index contributed by atoms with van der Waals surface area (Å²) in [6.07, 6.45) is 1.41. The second-order valence-corrected chi connectivity index (χ2v) is 6.13. The van der Waals surface area contributed by atoms with Gasteiger partial charge in [-0.15, -0.1) is 0 Å². The first-order valence-electron chi connectivity index (χ1n) is 7.81. The second kappa shape index (κ2) is 6.43. The standard InChI is InChI=1S/C19H18FNO3/c1-21(11-12-2-4-13(5-3-12)19(23)24)18(22)17-8-6-14-10-15(20)7-9-16(14)17/h2-5,7,9-10,17H,6,8,11H2,1H3,(H,23,24). The molecule has 0 fully saturated rings. The number of nitrogens with zero attached hydrogens (tertiary/aromatic N) is 1. The topological polar surface area (TPSA) is 57.6 Å². The highest BCUT2D eigenvalue weighted by atomic mass is 19.1. The number of carboxylic acids is 1. The van der Waals surface area contributed by atoms with Crippen LogP contribution >= 0.6 is 0 Å². The zero-order valence-electron chi connectivity index (χ0n) is 13.3. The molecule has 1 amide bonds.